The summed E-state index contributed by atoms with van der Waals surface area (Å²) in [6.07, 6.45) is 3.88. The molecule has 2 rings (SSSR count). The fourth-order valence-electron chi connectivity index (χ4n) is 2.86. The van der Waals surface area contributed by atoms with Gasteiger partial charge in [0.1, 0.15) is 5.69 Å². The molecule has 7 nitrogen and oxygen atoms in total. The molecule has 0 atom stereocenters. The van der Waals surface area contributed by atoms with Crippen molar-refractivity contribution in [2.24, 2.45) is 0 Å². The normalized spacial score (nSPS) is 15.1. The molecule has 1 aliphatic rings. The number of aliphatic hydroxyl groups is 1. The van der Waals surface area contributed by atoms with E-state index in [0.717, 1.165) is 25.7 Å². The Hall–Kier alpha value is -2.15. The minimum atomic E-state index is -1.12. The molecule has 7 heteroatoms. The first-order valence-electron chi connectivity index (χ1n) is 6.94. The number of carboxylic acids is 1. The molecule has 1 saturated carbocycles. The van der Waals surface area contributed by atoms with Crippen molar-refractivity contribution in [3.05, 3.63) is 33.9 Å². The van der Waals surface area contributed by atoms with E-state index in [1.165, 1.54) is 18.2 Å². The Bertz CT molecular complexity index is 540. The average Bonchev–Trinajstić information content (AvgIpc) is 2.97. The molecular weight excluding hydrogens is 276 g/mol. The summed E-state index contributed by atoms with van der Waals surface area (Å²) in [6, 6.07) is 3.89. The smallest absolute Gasteiger partial charge is 0.335 e. The molecule has 0 amide bonds. The average molecular weight is 294 g/mol. The number of benzene rings is 1. The zero-order valence-corrected chi connectivity index (χ0v) is 11.6. The summed E-state index contributed by atoms with van der Waals surface area (Å²) >= 11 is 0. The summed E-state index contributed by atoms with van der Waals surface area (Å²) < 4.78 is 0. The van der Waals surface area contributed by atoms with Gasteiger partial charge in [-0.25, -0.2) is 4.79 Å². The minimum Gasteiger partial charge on any atom is -0.478 e. The number of carbonyl (C=O) groups is 1. The van der Waals surface area contributed by atoms with Gasteiger partial charge in [0.25, 0.3) is 5.69 Å². The van der Waals surface area contributed by atoms with E-state index in [0.29, 0.717) is 0 Å². The lowest BCUT2D eigenvalue weighted by Crippen LogP contribution is -2.36. The molecule has 1 aromatic carbocycles. The highest BCUT2D eigenvalue weighted by Crippen LogP contribution is 2.34. The molecule has 0 spiro atoms. The van der Waals surface area contributed by atoms with Crippen LogP contribution in [0.1, 0.15) is 36.0 Å². The lowest BCUT2D eigenvalue weighted by Gasteiger charge is -2.30. The number of aliphatic hydroxyl groups excluding tert-OH is 1. The molecule has 0 aliphatic heterocycles. The number of nitro groups is 1. The number of nitro benzene ring substituents is 1. The Morgan fingerprint density at radius 1 is 1.38 bits per heavy atom. The van der Waals surface area contributed by atoms with Crippen LogP contribution in [0.3, 0.4) is 0 Å². The zero-order chi connectivity index (χ0) is 15.4. The fourth-order valence-corrected chi connectivity index (χ4v) is 2.86. The molecule has 1 fully saturated rings. The lowest BCUT2D eigenvalue weighted by molar-refractivity contribution is -0.384. The van der Waals surface area contributed by atoms with E-state index in [-0.39, 0.29) is 36.1 Å². The van der Waals surface area contributed by atoms with Gasteiger partial charge in [0.2, 0.25) is 0 Å². The van der Waals surface area contributed by atoms with Gasteiger partial charge in [0.05, 0.1) is 17.1 Å². The van der Waals surface area contributed by atoms with Crippen LogP contribution in [-0.4, -0.2) is 40.3 Å². The van der Waals surface area contributed by atoms with E-state index >= 15 is 0 Å². The Balaban J connectivity index is 2.46. The summed E-state index contributed by atoms with van der Waals surface area (Å²) in [7, 11) is 0. The van der Waals surface area contributed by atoms with Gasteiger partial charge < -0.3 is 15.1 Å². The fraction of sp³-hybridized carbons (Fsp3) is 0.500. The van der Waals surface area contributed by atoms with Crippen molar-refractivity contribution in [2.45, 2.75) is 31.7 Å². The highest BCUT2D eigenvalue weighted by atomic mass is 16.6. The van der Waals surface area contributed by atoms with Gasteiger partial charge in [-0.2, -0.15) is 0 Å². The quantitative estimate of drug-likeness (QED) is 0.614. The summed E-state index contributed by atoms with van der Waals surface area (Å²) in [5.41, 5.74) is 0.165. The molecule has 1 aromatic rings. The van der Waals surface area contributed by atoms with Gasteiger partial charge in [-0.3, -0.25) is 10.1 Å². The molecule has 0 unspecified atom stereocenters. The van der Waals surface area contributed by atoms with Gasteiger partial charge in [0.15, 0.2) is 0 Å². The Kier molecular flexibility index (Phi) is 4.74. The largest absolute Gasteiger partial charge is 0.478 e. The van der Waals surface area contributed by atoms with Crippen LogP contribution in [0.15, 0.2) is 18.2 Å². The second-order valence-electron chi connectivity index (χ2n) is 5.12. The number of carboxylic acid groups (broad SMARTS) is 1. The third-order valence-electron chi connectivity index (χ3n) is 3.83. The zero-order valence-electron chi connectivity index (χ0n) is 11.6. The number of hydrogen-bond acceptors (Lipinski definition) is 5. The van der Waals surface area contributed by atoms with E-state index in [1.54, 1.807) is 4.90 Å². The molecule has 114 valence electrons. The molecule has 0 heterocycles. The Morgan fingerprint density at radius 3 is 2.57 bits per heavy atom. The highest BCUT2D eigenvalue weighted by molar-refractivity contribution is 5.90. The third kappa shape index (κ3) is 3.30. The summed E-state index contributed by atoms with van der Waals surface area (Å²) in [6.45, 7) is 0.125. The number of anilines is 1. The maximum absolute atomic E-state index is 11.2. The Labute approximate surface area is 122 Å². The number of rotatable bonds is 6. The van der Waals surface area contributed by atoms with Gasteiger partial charge in [0, 0.05) is 18.7 Å². The van der Waals surface area contributed by atoms with Crippen molar-refractivity contribution in [3.63, 3.8) is 0 Å². The molecule has 2 N–H and O–H groups in total. The van der Waals surface area contributed by atoms with Crippen molar-refractivity contribution in [1.29, 1.82) is 0 Å². The summed E-state index contributed by atoms with van der Waals surface area (Å²) in [5.74, 6) is -1.12. The standard InChI is InChI=1S/C14H18N2O5/c17-8-7-15(11-3-1-2-4-11)13-9-10(14(18)19)5-6-12(13)16(20)21/h5-6,9,11,17H,1-4,7-8H2,(H,18,19). The predicted molar refractivity (Wildman–Crippen MR) is 76.7 cm³/mol. The van der Waals surface area contributed by atoms with Gasteiger partial charge >= 0.3 is 5.97 Å². The topological polar surface area (TPSA) is 104 Å². The van der Waals surface area contributed by atoms with Crippen molar-refractivity contribution in [1.82, 2.24) is 0 Å². The van der Waals surface area contributed by atoms with Crippen molar-refractivity contribution < 1.29 is 19.9 Å². The summed E-state index contributed by atoms with van der Waals surface area (Å²) in [4.78, 5) is 23.6. The molecule has 0 saturated heterocycles. The number of nitrogens with zero attached hydrogens (tertiary/aromatic N) is 2. The van der Waals surface area contributed by atoms with E-state index in [2.05, 4.69) is 0 Å². The molecular formula is C14H18N2O5. The van der Waals surface area contributed by atoms with E-state index in [9.17, 15) is 20.0 Å². The number of aromatic carboxylic acids is 1. The van der Waals surface area contributed by atoms with Crippen LogP contribution in [0.25, 0.3) is 0 Å². The van der Waals surface area contributed by atoms with Crippen molar-refractivity contribution in [2.75, 3.05) is 18.1 Å². The molecule has 21 heavy (non-hydrogen) atoms. The Morgan fingerprint density at radius 2 is 2.05 bits per heavy atom. The van der Waals surface area contributed by atoms with Gasteiger partial charge in [-0.15, -0.1) is 0 Å². The lowest BCUT2D eigenvalue weighted by atomic mass is 10.1. The van der Waals surface area contributed by atoms with Crippen LogP contribution in [0.2, 0.25) is 0 Å². The van der Waals surface area contributed by atoms with Crippen LogP contribution >= 0.6 is 0 Å². The predicted octanol–water partition coefficient (Wildman–Crippen LogP) is 2.03. The van der Waals surface area contributed by atoms with E-state index in [4.69, 9.17) is 5.11 Å². The van der Waals surface area contributed by atoms with Crippen molar-refractivity contribution >= 4 is 17.3 Å². The SMILES string of the molecule is O=C(O)c1ccc([N+](=O)[O-])c(N(CCO)C2CCCC2)c1. The molecule has 0 radical (unpaired) electrons. The highest BCUT2D eigenvalue weighted by Gasteiger charge is 2.28. The van der Waals surface area contributed by atoms with E-state index in [1.807, 2.05) is 0 Å². The van der Waals surface area contributed by atoms with E-state index < -0.39 is 10.9 Å². The first kappa shape index (κ1) is 15.2. The monoisotopic (exact) mass is 294 g/mol. The number of hydrogen-bond donors (Lipinski definition) is 2. The third-order valence-corrected chi connectivity index (χ3v) is 3.83. The summed E-state index contributed by atoms with van der Waals surface area (Å²) in [5, 5.41) is 29.5. The first-order valence-corrected chi connectivity index (χ1v) is 6.94. The second-order valence-corrected chi connectivity index (χ2v) is 5.12. The molecule has 0 aromatic heterocycles. The van der Waals surface area contributed by atoms with Crippen molar-refractivity contribution in [3.8, 4) is 0 Å². The van der Waals surface area contributed by atoms with Crippen LogP contribution in [-0.2, 0) is 0 Å². The maximum Gasteiger partial charge on any atom is 0.335 e. The molecule has 0 bridgehead atoms. The van der Waals surface area contributed by atoms with Gasteiger partial charge in [-0.1, -0.05) is 12.8 Å². The minimum absolute atomic E-state index is 0.0107. The molecule has 1 aliphatic carbocycles. The van der Waals surface area contributed by atoms with Crippen LogP contribution in [0, 0.1) is 10.1 Å². The van der Waals surface area contributed by atoms with Crippen LogP contribution < -0.4 is 4.90 Å². The van der Waals surface area contributed by atoms with Crippen LogP contribution in [0.5, 0.6) is 0 Å². The first-order chi connectivity index (χ1) is 10.0. The second kappa shape index (κ2) is 6.53. The van der Waals surface area contributed by atoms with Crippen LogP contribution in [0.4, 0.5) is 11.4 Å². The van der Waals surface area contributed by atoms with Gasteiger partial charge in [-0.05, 0) is 25.0 Å². The maximum atomic E-state index is 11.2.